The van der Waals surface area contributed by atoms with Crippen LogP contribution in [0.3, 0.4) is 0 Å². The van der Waals surface area contributed by atoms with E-state index in [2.05, 4.69) is 11.6 Å². The molecule has 3 N–H and O–H groups in total. The number of rotatable bonds is 5. The monoisotopic (exact) mass is 238 g/mol. The number of hydrogen-bond donors (Lipinski definition) is 2. The number of nitrogen functional groups attached to an aromatic ring is 1. The molecule has 16 heavy (non-hydrogen) atoms. The topological polar surface area (TPSA) is 55.1 Å². The smallest absolute Gasteiger partial charge is 0.253 e. The maximum Gasteiger partial charge on any atom is 0.253 e. The number of nitrogens with two attached hydrogens (primary N) is 1. The van der Waals surface area contributed by atoms with Gasteiger partial charge in [-0.05, 0) is 37.0 Å². The van der Waals surface area contributed by atoms with E-state index in [0.717, 1.165) is 17.7 Å². The highest BCUT2D eigenvalue weighted by Crippen LogP contribution is 2.15. The van der Waals surface area contributed by atoms with E-state index >= 15 is 0 Å². The largest absolute Gasteiger partial charge is 0.398 e. The Kier molecular flexibility index (Phi) is 5.19. The number of anilines is 1. The first-order valence-corrected chi connectivity index (χ1v) is 6.68. The summed E-state index contributed by atoms with van der Waals surface area (Å²) in [6.07, 6.45) is 3.04. The molecule has 1 rings (SSSR count). The maximum absolute atomic E-state index is 11.8. The van der Waals surface area contributed by atoms with Crippen molar-refractivity contribution in [2.75, 3.05) is 24.3 Å². The van der Waals surface area contributed by atoms with Gasteiger partial charge in [-0.3, -0.25) is 4.79 Å². The minimum atomic E-state index is -0.0812. The Balaban J connectivity index is 2.56. The third-order valence-electron chi connectivity index (χ3n) is 2.38. The lowest BCUT2D eigenvalue weighted by molar-refractivity contribution is 0.0954. The maximum atomic E-state index is 11.8. The lowest BCUT2D eigenvalue weighted by Gasteiger charge is -2.08. The molecule has 0 aromatic heterocycles. The summed E-state index contributed by atoms with van der Waals surface area (Å²) in [5.74, 6) is 0.978. The predicted molar refractivity (Wildman–Crippen MR) is 70.9 cm³/mol. The first kappa shape index (κ1) is 12.9. The van der Waals surface area contributed by atoms with Gasteiger partial charge in [-0.2, -0.15) is 11.8 Å². The lowest BCUT2D eigenvalue weighted by Crippen LogP contribution is -2.25. The molecule has 88 valence electrons. The van der Waals surface area contributed by atoms with E-state index in [0.29, 0.717) is 17.8 Å². The Morgan fingerprint density at radius 1 is 1.50 bits per heavy atom. The first-order valence-electron chi connectivity index (χ1n) is 5.29. The fourth-order valence-corrected chi connectivity index (χ4v) is 1.83. The fourth-order valence-electron chi connectivity index (χ4n) is 1.39. The number of para-hydroxylation sites is 1. The van der Waals surface area contributed by atoms with E-state index in [1.807, 2.05) is 19.1 Å². The summed E-state index contributed by atoms with van der Waals surface area (Å²) < 4.78 is 0. The molecule has 0 unspecified atom stereocenters. The van der Waals surface area contributed by atoms with Gasteiger partial charge in [-0.1, -0.05) is 12.1 Å². The number of hydrogen-bond acceptors (Lipinski definition) is 3. The van der Waals surface area contributed by atoms with Crippen LogP contribution >= 0.6 is 11.8 Å². The van der Waals surface area contributed by atoms with Crippen LogP contribution in [0, 0.1) is 6.92 Å². The highest BCUT2D eigenvalue weighted by molar-refractivity contribution is 7.98. The van der Waals surface area contributed by atoms with Crippen LogP contribution in [-0.2, 0) is 0 Å². The Morgan fingerprint density at radius 2 is 2.25 bits per heavy atom. The second kappa shape index (κ2) is 6.43. The molecule has 0 saturated carbocycles. The molecule has 3 nitrogen and oxygen atoms in total. The number of benzene rings is 1. The number of amides is 1. The molecule has 1 amide bonds. The number of nitrogens with one attached hydrogen (secondary N) is 1. The van der Waals surface area contributed by atoms with Gasteiger partial charge in [-0.15, -0.1) is 0 Å². The second-order valence-corrected chi connectivity index (χ2v) is 4.62. The summed E-state index contributed by atoms with van der Waals surface area (Å²) in [6.45, 7) is 2.60. The highest BCUT2D eigenvalue weighted by Gasteiger charge is 2.09. The molecule has 4 heteroatoms. The van der Waals surface area contributed by atoms with Crippen molar-refractivity contribution >= 4 is 23.4 Å². The molecule has 0 fully saturated rings. The quantitative estimate of drug-likeness (QED) is 0.610. The van der Waals surface area contributed by atoms with Crippen molar-refractivity contribution in [3.63, 3.8) is 0 Å². The molecule has 0 saturated heterocycles. The molecule has 0 aliphatic carbocycles. The predicted octanol–water partition coefficient (Wildman–Crippen LogP) is 2.06. The third kappa shape index (κ3) is 3.45. The number of carbonyl (C=O) groups is 1. The molecule has 0 bridgehead atoms. The van der Waals surface area contributed by atoms with Crippen molar-refractivity contribution in [1.29, 1.82) is 0 Å². The second-order valence-electron chi connectivity index (χ2n) is 3.64. The van der Waals surface area contributed by atoms with Gasteiger partial charge < -0.3 is 11.1 Å². The van der Waals surface area contributed by atoms with Crippen molar-refractivity contribution in [1.82, 2.24) is 5.32 Å². The number of carbonyl (C=O) groups excluding carboxylic acids is 1. The summed E-state index contributed by atoms with van der Waals surface area (Å²) in [5.41, 5.74) is 7.94. The molecule has 1 aromatic carbocycles. The van der Waals surface area contributed by atoms with Gasteiger partial charge in [0.25, 0.3) is 5.91 Å². The molecular formula is C12H18N2OS. The van der Waals surface area contributed by atoms with Crippen LogP contribution in [-0.4, -0.2) is 24.5 Å². The van der Waals surface area contributed by atoms with Gasteiger partial charge >= 0.3 is 0 Å². The molecular weight excluding hydrogens is 220 g/mol. The minimum absolute atomic E-state index is 0.0812. The molecule has 0 aliphatic heterocycles. The van der Waals surface area contributed by atoms with E-state index in [-0.39, 0.29) is 5.91 Å². The van der Waals surface area contributed by atoms with Crippen LogP contribution < -0.4 is 11.1 Å². The Labute approximate surface area is 101 Å². The van der Waals surface area contributed by atoms with Crippen LogP contribution in [0.5, 0.6) is 0 Å². The van der Waals surface area contributed by atoms with Crippen molar-refractivity contribution < 1.29 is 4.79 Å². The zero-order chi connectivity index (χ0) is 12.0. The highest BCUT2D eigenvalue weighted by atomic mass is 32.2. The summed E-state index contributed by atoms with van der Waals surface area (Å²) in [4.78, 5) is 11.8. The van der Waals surface area contributed by atoms with Crippen LogP contribution in [0.4, 0.5) is 5.69 Å². The average Bonchev–Trinajstić information content (AvgIpc) is 2.28. The van der Waals surface area contributed by atoms with Crippen LogP contribution in [0.2, 0.25) is 0 Å². The molecule has 0 radical (unpaired) electrons. The molecule has 0 aliphatic rings. The molecule has 0 heterocycles. The summed E-state index contributed by atoms with van der Waals surface area (Å²) >= 11 is 1.78. The summed E-state index contributed by atoms with van der Waals surface area (Å²) in [6, 6.07) is 5.51. The summed E-state index contributed by atoms with van der Waals surface area (Å²) in [5, 5.41) is 2.87. The normalized spacial score (nSPS) is 10.1. The van der Waals surface area contributed by atoms with Gasteiger partial charge in [-0.25, -0.2) is 0 Å². The lowest BCUT2D eigenvalue weighted by atomic mass is 10.1. The van der Waals surface area contributed by atoms with Crippen LogP contribution in [0.25, 0.3) is 0 Å². The van der Waals surface area contributed by atoms with Crippen molar-refractivity contribution in [3.05, 3.63) is 29.3 Å². The average molecular weight is 238 g/mol. The van der Waals surface area contributed by atoms with Crippen molar-refractivity contribution in [2.24, 2.45) is 0 Å². The van der Waals surface area contributed by atoms with Gasteiger partial charge in [0.2, 0.25) is 0 Å². The van der Waals surface area contributed by atoms with E-state index in [1.165, 1.54) is 0 Å². The number of aryl methyl sites for hydroxylation is 1. The van der Waals surface area contributed by atoms with E-state index in [4.69, 9.17) is 5.73 Å². The van der Waals surface area contributed by atoms with Crippen LogP contribution in [0.1, 0.15) is 22.3 Å². The van der Waals surface area contributed by atoms with E-state index in [9.17, 15) is 4.79 Å². The third-order valence-corrected chi connectivity index (χ3v) is 3.08. The van der Waals surface area contributed by atoms with Gasteiger partial charge in [0.05, 0.1) is 5.56 Å². The minimum Gasteiger partial charge on any atom is -0.398 e. The van der Waals surface area contributed by atoms with Gasteiger partial charge in [0, 0.05) is 12.2 Å². The van der Waals surface area contributed by atoms with Crippen molar-refractivity contribution in [2.45, 2.75) is 13.3 Å². The number of thioether (sulfide) groups is 1. The SMILES string of the molecule is CSCCCNC(=O)c1cccc(C)c1N. The van der Waals surface area contributed by atoms with Gasteiger partial charge in [0.1, 0.15) is 0 Å². The molecule has 0 atom stereocenters. The standard InChI is InChI=1S/C12H18N2OS/c1-9-5-3-6-10(11(9)13)12(15)14-7-4-8-16-2/h3,5-6H,4,7-8,13H2,1-2H3,(H,14,15). The first-order chi connectivity index (χ1) is 7.66. The van der Waals surface area contributed by atoms with E-state index < -0.39 is 0 Å². The fraction of sp³-hybridized carbons (Fsp3) is 0.417. The van der Waals surface area contributed by atoms with Crippen LogP contribution in [0.15, 0.2) is 18.2 Å². The van der Waals surface area contributed by atoms with Crippen molar-refractivity contribution in [3.8, 4) is 0 Å². The zero-order valence-corrected chi connectivity index (χ0v) is 10.6. The Bertz CT molecular complexity index is 366. The summed E-state index contributed by atoms with van der Waals surface area (Å²) in [7, 11) is 0. The molecule has 0 spiro atoms. The van der Waals surface area contributed by atoms with Gasteiger partial charge in [0.15, 0.2) is 0 Å². The zero-order valence-electron chi connectivity index (χ0n) is 9.75. The van der Waals surface area contributed by atoms with E-state index in [1.54, 1.807) is 17.8 Å². The molecule has 1 aromatic rings. The Morgan fingerprint density at radius 3 is 2.94 bits per heavy atom. The Hall–Kier alpha value is -1.16.